The van der Waals surface area contributed by atoms with Crippen LogP contribution < -0.4 is 11.1 Å². The van der Waals surface area contributed by atoms with Crippen molar-refractivity contribution in [3.05, 3.63) is 29.6 Å². The van der Waals surface area contributed by atoms with Crippen molar-refractivity contribution in [2.75, 3.05) is 5.32 Å². The van der Waals surface area contributed by atoms with E-state index in [2.05, 4.69) is 5.32 Å². The van der Waals surface area contributed by atoms with E-state index in [1.807, 2.05) is 13.8 Å². The van der Waals surface area contributed by atoms with Crippen molar-refractivity contribution in [2.24, 2.45) is 5.73 Å². The lowest BCUT2D eigenvalue weighted by Crippen LogP contribution is -2.15. The molecule has 0 aliphatic carbocycles. The van der Waals surface area contributed by atoms with E-state index in [0.29, 0.717) is 11.3 Å². The Balaban J connectivity index is 2.88. The van der Waals surface area contributed by atoms with E-state index >= 15 is 0 Å². The molecule has 1 aromatic carbocycles. The molecule has 2 nitrogen and oxygen atoms in total. The minimum atomic E-state index is -0.319. The highest BCUT2D eigenvalue weighted by Crippen LogP contribution is 2.17. The van der Waals surface area contributed by atoms with Gasteiger partial charge in [0.25, 0.3) is 0 Å². The molecule has 1 rings (SSSR count). The minimum absolute atomic E-state index is 0.212. The van der Waals surface area contributed by atoms with Crippen molar-refractivity contribution in [1.29, 1.82) is 0 Å². The smallest absolute Gasteiger partial charge is 0.146 e. The highest BCUT2D eigenvalue weighted by molar-refractivity contribution is 7.80. The van der Waals surface area contributed by atoms with Crippen molar-refractivity contribution in [3.8, 4) is 0 Å². The van der Waals surface area contributed by atoms with E-state index in [1.54, 1.807) is 12.1 Å². The number of hydrogen-bond acceptors (Lipinski definition) is 2. The molecular formula is C11H15FN2S. The maximum absolute atomic E-state index is 13.5. The summed E-state index contributed by atoms with van der Waals surface area (Å²) in [6.07, 6.45) is 0.941. The zero-order valence-electron chi connectivity index (χ0n) is 8.88. The van der Waals surface area contributed by atoms with E-state index in [1.165, 1.54) is 6.07 Å². The highest BCUT2D eigenvalue weighted by Gasteiger charge is 2.06. The van der Waals surface area contributed by atoms with Gasteiger partial charge in [-0.25, -0.2) is 4.39 Å². The third kappa shape index (κ3) is 3.16. The molecule has 4 heteroatoms. The van der Waals surface area contributed by atoms with Crippen LogP contribution in [0.4, 0.5) is 10.1 Å². The molecule has 0 saturated heterocycles. The summed E-state index contributed by atoms with van der Waals surface area (Å²) in [5.74, 6) is -0.319. The third-order valence-electron chi connectivity index (χ3n) is 2.27. The van der Waals surface area contributed by atoms with Crippen LogP contribution in [0.5, 0.6) is 0 Å². The van der Waals surface area contributed by atoms with Crippen molar-refractivity contribution in [3.63, 3.8) is 0 Å². The number of hydrogen-bond donors (Lipinski definition) is 2. The zero-order valence-corrected chi connectivity index (χ0v) is 9.70. The maximum Gasteiger partial charge on any atom is 0.146 e. The summed E-state index contributed by atoms with van der Waals surface area (Å²) in [7, 11) is 0. The number of nitrogens with two attached hydrogens (primary N) is 1. The van der Waals surface area contributed by atoms with Crippen LogP contribution in [0.1, 0.15) is 25.8 Å². The van der Waals surface area contributed by atoms with E-state index in [-0.39, 0.29) is 16.8 Å². The zero-order chi connectivity index (χ0) is 11.4. The Morgan fingerprint density at radius 2 is 2.27 bits per heavy atom. The molecule has 0 heterocycles. The monoisotopic (exact) mass is 226 g/mol. The van der Waals surface area contributed by atoms with Gasteiger partial charge < -0.3 is 11.1 Å². The van der Waals surface area contributed by atoms with Crippen LogP contribution in [0.25, 0.3) is 0 Å². The quantitative estimate of drug-likeness (QED) is 0.775. The first-order valence-corrected chi connectivity index (χ1v) is 5.31. The van der Waals surface area contributed by atoms with Crippen LogP contribution in [-0.2, 0) is 0 Å². The summed E-state index contributed by atoms with van der Waals surface area (Å²) >= 11 is 4.77. The molecule has 0 bridgehead atoms. The van der Waals surface area contributed by atoms with Gasteiger partial charge in [-0.2, -0.15) is 0 Å². The lowest BCUT2D eigenvalue weighted by Gasteiger charge is -2.14. The highest BCUT2D eigenvalue weighted by atomic mass is 32.1. The predicted molar refractivity (Wildman–Crippen MR) is 65.7 cm³/mol. The number of rotatable bonds is 4. The van der Waals surface area contributed by atoms with Gasteiger partial charge in [-0.1, -0.05) is 19.1 Å². The molecule has 1 atom stereocenters. The normalized spacial score (nSPS) is 12.2. The summed E-state index contributed by atoms with van der Waals surface area (Å²) in [5.41, 5.74) is 6.45. The minimum Gasteiger partial charge on any atom is -0.389 e. The molecule has 0 saturated carbocycles. The van der Waals surface area contributed by atoms with Gasteiger partial charge in [-0.15, -0.1) is 0 Å². The Morgan fingerprint density at radius 1 is 1.60 bits per heavy atom. The number of halogens is 1. The van der Waals surface area contributed by atoms with Gasteiger partial charge in [-0.05, 0) is 31.5 Å². The molecule has 1 aromatic rings. The SMILES string of the molecule is CCC(C)Nc1ccc(C(N)=S)cc1F. The van der Waals surface area contributed by atoms with Gasteiger partial charge in [0.05, 0.1) is 5.69 Å². The summed E-state index contributed by atoms with van der Waals surface area (Å²) in [6, 6.07) is 4.98. The van der Waals surface area contributed by atoms with Gasteiger partial charge in [0, 0.05) is 11.6 Å². The van der Waals surface area contributed by atoms with Crippen molar-refractivity contribution < 1.29 is 4.39 Å². The fourth-order valence-corrected chi connectivity index (χ4v) is 1.28. The van der Waals surface area contributed by atoms with Gasteiger partial charge in [0.2, 0.25) is 0 Å². The fraction of sp³-hybridized carbons (Fsp3) is 0.364. The van der Waals surface area contributed by atoms with Crippen molar-refractivity contribution >= 4 is 22.9 Å². The molecule has 3 N–H and O–H groups in total. The number of thiocarbonyl (C=S) groups is 1. The molecule has 82 valence electrons. The third-order valence-corrected chi connectivity index (χ3v) is 2.50. The number of benzene rings is 1. The first kappa shape index (κ1) is 11.9. The second-order valence-corrected chi connectivity index (χ2v) is 3.95. The largest absolute Gasteiger partial charge is 0.389 e. The standard InChI is InChI=1S/C11H15FN2S/c1-3-7(2)14-10-5-4-8(11(13)15)6-9(10)12/h4-7,14H,3H2,1-2H3,(H2,13,15). The molecule has 0 aliphatic heterocycles. The van der Waals surface area contributed by atoms with Crippen molar-refractivity contribution in [2.45, 2.75) is 26.3 Å². The molecule has 0 fully saturated rings. The van der Waals surface area contributed by atoms with Crippen LogP contribution in [-0.4, -0.2) is 11.0 Å². The van der Waals surface area contributed by atoms with Crippen molar-refractivity contribution in [1.82, 2.24) is 0 Å². The van der Waals surface area contributed by atoms with Crippen LogP contribution in [0.2, 0.25) is 0 Å². The van der Waals surface area contributed by atoms with Crippen LogP contribution in [0.3, 0.4) is 0 Å². The molecule has 0 amide bonds. The van der Waals surface area contributed by atoms with E-state index in [9.17, 15) is 4.39 Å². The lowest BCUT2D eigenvalue weighted by atomic mass is 10.1. The summed E-state index contributed by atoms with van der Waals surface area (Å²) in [5, 5.41) is 3.07. The second-order valence-electron chi connectivity index (χ2n) is 3.51. The second kappa shape index (κ2) is 5.07. The van der Waals surface area contributed by atoms with Crippen LogP contribution in [0.15, 0.2) is 18.2 Å². The molecular weight excluding hydrogens is 211 g/mol. The summed E-state index contributed by atoms with van der Waals surface area (Å²) < 4.78 is 13.5. The van der Waals surface area contributed by atoms with Gasteiger partial charge in [0.1, 0.15) is 10.8 Å². The fourth-order valence-electron chi connectivity index (χ4n) is 1.15. The Kier molecular flexibility index (Phi) is 4.03. The Morgan fingerprint density at radius 3 is 2.73 bits per heavy atom. The molecule has 0 aromatic heterocycles. The number of nitrogens with one attached hydrogen (secondary N) is 1. The Hall–Kier alpha value is -1.16. The number of anilines is 1. The van der Waals surface area contributed by atoms with E-state index < -0.39 is 0 Å². The van der Waals surface area contributed by atoms with Crippen LogP contribution >= 0.6 is 12.2 Å². The maximum atomic E-state index is 13.5. The Labute approximate surface area is 94.7 Å². The van der Waals surface area contributed by atoms with Crippen LogP contribution in [0, 0.1) is 5.82 Å². The van der Waals surface area contributed by atoms with Gasteiger partial charge in [0.15, 0.2) is 0 Å². The first-order valence-electron chi connectivity index (χ1n) is 4.90. The summed E-state index contributed by atoms with van der Waals surface area (Å²) in [6.45, 7) is 4.04. The molecule has 1 unspecified atom stereocenters. The molecule has 0 spiro atoms. The molecule has 0 radical (unpaired) electrons. The average molecular weight is 226 g/mol. The summed E-state index contributed by atoms with van der Waals surface area (Å²) in [4.78, 5) is 0.212. The predicted octanol–water partition coefficient (Wildman–Crippen LogP) is 2.67. The average Bonchev–Trinajstić information content (AvgIpc) is 2.20. The lowest BCUT2D eigenvalue weighted by molar-refractivity contribution is 0.624. The van der Waals surface area contributed by atoms with E-state index in [0.717, 1.165) is 6.42 Å². The first-order chi connectivity index (χ1) is 7.04. The topological polar surface area (TPSA) is 38.0 Å². The molecule has 15 heavy (non-hydrogen) atoms. The Bertz CT molecular complexity index is 366. The van der Waals surface area contributed by atoms with Gasteiger partial charge >= 0.3 is 0 Å². The van der Waals surface area contributed by atoms with E-state index in [4.69, 9.17) is 18.0 Å². The molecule has 0 aliphatic rings. The van der Waals surface area contributed by atoms with Gasteiger partial charge in [-0.3, -0.25) is 0 Å².